The van der Waals surface area contributed by atoms with Gasteiger partial charge in [0.1, 0.15) is 17.9 Å². The molecule has 2 N–H and O–H groups in total. The highest BCUT2D eigenvalue weighted by atomic mass is 35.5. The number of carbonyl (C=O) groups is 3. The second kappa shape index (κ2) is 11.0. The zero-order valence-corrected chi connectivity index (χ0v) is 22.7. The SMILES string of the molecule is CCN(c1ccccc1)S(=O)(=O)c1ccc(Cl)c(NC(=O)CN2C(=O)N[C@@](CC)(c3ccc(F)cc3)C2=O)c1. The third-order valence-corrected chi connectivity index (χ3v) is 8.70. The minimum absolute atomic E-state index is 0.000741. The van der Waals surface area contributed by atoms with Crippen molar-refractivity contribution in [2.24, 2.45) is 0 Å². The van der Waals surface area contributed by atoms with Crippen LogP contribution in [0, 0.1) is 5.82 Å². The van der Waals surface area contributed by atoms with Gasteiger partial charge >= 0.3 is 6.03 Å². The smallest absolute Gasteiger partial charge is 0.323 e. The maximum atomic E-state index is 13.4. The van der Waals surface area contributed by atoms with E-state index in [0.717, 1.165) is 4.90 Å². The number of amides is 4. The molecule has 0 spiro atoms. The number of sulfonamides is 1. The van der Waals surface area contributed by atoms with Crippen LogP contribution in [-0.2, 0) is 25.2 Å². The molecule has 1 fully saturated rings. The number of imide groups is 1. The number of anilines is 2. The molecule has 0 radical (unpaired) electrons. The van der Waals surface area contributed by atoms with Gasteiger partial charge < -0.3 is 10.6 Å². The molecular formula is C27H26ClFN4O5S. The fourth-order valence-corrected chi connectivity index (χ4v) is 6.12. The molecule has 39 heavy (non-hydrogen) atoms. The van der Waals surface area contributed by atoms with Gasteiger partial charge in [-0.3, -0.25) is 18.8 Å². The molecule has 0 aromatic heterocycles. The Hall–Kier alpha value is -3.96. The number of para-hydroxylation sites is 1. The standard InChI is InChI=1S/C27H26ClFN4O5S/c1-3-27(18-10-12-19(29)13-11-18)25(35)32(26(36)31-27)17-24(34)30-23-16-21(14-15-22(23)28)39(37,38)33(4-2)20-8-6-5-7-9-20/h5-16H,3-4,17H2,1-2H3,(H,30,34)(H,31,36)/t27-/m0/s1. The van der Waals surface area contributed by atoms with Crippen molar-refractivity contribution in [2.75, 3.05) is 22.7 Å². The van der Waals surface area contributed by atoms with Gasteiger partial charge in [-0.25, -0.2) is 17.6 Å². The van der Waals surface area contributed by atoms with Crippen molar-refractivity contribution in [2.45, 2.75) is 30.7 Å². The van der Waals surface area contributed by atoms with Gasteiger partial charge in [0.05, 0.1) is 21.3 Å². The van der Waals surface area contributed by atoms with Gasteiger partial charge in [0, 0.05) is 6.54 Å². The monoisotopic (exact) mass is 572 g/mol. The summed E-state index contributed by atoms with van der Waals surface area (Å²) in [6.07, 6.45) is 0.169. The average Bonchev–Trinajstić information content (AvgIpc) is 3.16. The Balaban J connectivity index is 1.55. The highest BCUT2D eigenvalue weighted by Gasteiger charge is 2.51. The van der Waals surface area contributed by atoms with Crippen molar-refractivity contribution in [3.63, 3.8) is 0 Å². The van der Waals surface area contributed by atoms with E-state index in [4.69, 9.17) is 11.6 Å². The van der Waals surface area contributed by atoms with Crippen LogP contribution in [0.2, 0.25) is 5.02 Å². The van der Waals surface area contributed by atoms with E-state index < -0.39 is 45.8 Å². The van der Waals surface area contributed by atoms with Gasteiger partial charge in [0.2, 0.25) is 5.91 Å². The number of hydrogen-bond donors (Lipinski definition) is 2. The summed E-state index contributed by atoms with van der Waals surface area (Å²) >= 11 is 6.24. The van der Waals surface area contributed by atoms with Crippen LogP contribution in [0.1, 0.15) is 25.8 Å². The molecule has 1 saturated heterocycles. The summed E-state index contributed by atoms with van der Waals surface area (Å²) in [6, 6.07) is 16.8. The molecule has 0 bridgehead atoms. The van der Waals surface area contributed by atoms with Crippen molar-refractivity contribution in [1.29, 1.82) is 0 Å². The molecule has 1 aliphatic heterocycles. The molecular weight excluding hydrogens is 547 g/mol. The van der Waals surface area contributed by atoms with Crippen LogP contribution in [0.25, 0.3) is 0 Å². The minimum Gasteiger partial charge on any atom is -0.323 e. The van der Waals surface area contributed by atoms with Crippen LogP contribution in [0.15, 0.2) is 77.7 Å². The first-order chi connectivity index (χ1) is 18.5. The fourth-order valence-electron chi connectivity index (χ4n) is 4.45. The molecule has 1 heterocycles. The Kier molecular flexibility index (Phi) is 7.94. The van der Waals surface area contributed by atoms with Crippen LogP contribution < -0.4 is 14.9 Å². The van der Waals surface area contributed by atoms with E-state index in [0.29, 0.717) is 11.3 Å². The van der Waals surface area contributed by atoms with Crippen molar-refractivity contribution in [3.8, 4) is 0 Å². The summed E-state index contributed by atoms with van der Waals surface area (Å²) in [4.78, 5) is 39.6. The number of urea groups is 1. The molecule has 3 aromatic rings. The van der Waals surface area contributed by atoms with Gasteiger partial charge in [-0.1, -0.05) is 48.9 Å². The van der Waals surface area contributed by atoms with Gasteiger partial charge in [-0.15, -0.1) is 0 Å². The Morgan fingerprint density at radius 1 is 1.05 bits per heavy atom. The topological polar surface area (TPSA) is 116 Å². The molecule has 3 aromatic carbocycles. The number of nitrogens with zero attached hydrogens (tertiary/aromatic N) is 2. The largest absolute Gasteiger partial charge is 0.325 e. The summed E-state index contributed by atoms with van der Waals surface area (Å²) in [5.74, 6) is -1.93. The molecule has 0 aliphatic carbocycles. The molecule has 0 unspecified atom stereocenters. The highest BCUT2D eigenvalue weighted by molar-refractivity contribution is 7.92. The van der Waals surface area contributed by atoms with Crippen LogP contribution >= 0.6 is 11.6 Å². The van der Waals surface area contributed by atoms with E-state index in [1.54, 1.807) is 44.2 Å². The number of nitrogens with one attached hydrogen (secondary N) is 2. The molecule has 4 rings (SSSR count). The second-order valence-corrected chi connectivity index (χ2v) is 11.1. The van der Waals surface area contributed by atoms with Gasteiger partial charge in [-0.2, -0.15) is 0 Å². The van der Waals surface area contributed by atoms with Crippen molar-refractivity contribution < 1.29 is 27.2 Å². The van der Waals surface area contributed by atoms with Crippen molar-refractivity contribution in [3.05, 3.63) is 89.2 Å². The summed E-state index contributed by atoms with van der Waals surface area (Å²) in [5.41, 5.74) is -0.594. The second-order valence-electron chi connectivity index (χ2n) is 8.78. The van der Waals surface area contributed by atoms with E-state index in [1.807, 2.05) is 0 Å². The zero-order chi connectivity index (χ0) is 28.4. The number of rotatable bonds is 9. The third kappa shape index (κ3) is 5.32. The normalized spacial score (nSPS) is 17.2. The van der Waals surface area contributed by atoms with Crippen LogP contribution in [0.4, 0.5) is 20.6 Å². The van der Waals surface area contributed by atoms with E-state index in [2.05, 4.69) is 10.6 Å². The minimum atomic E-state index is -4.00. The number of carbonyl (C=O) groups excluding carboxylic acids is 3. The van der Waals surface area contributed by atoms with Gasteiger partial charge in [-0.05, 0) is 61.4 Å². The molecule has 9 nitrogen and oxygen atoms in total. The van der Waals surface area contributed by atoms with Gasteiger partial charge in [0.15, 0.2) is 0 Å². The number of halogens is 2. The van der Waals surface area contributed by atoms with Crippen LogP contribution in [0.5, 0.6) is 0 Å². The van der Waals surface area contributed by atoms with E-state index in [9.17, 15) is 27.2 Å². The van der Waals surface area contributed by atoms with E-state index in [1.165, 1.54) is 46.8 Å². The van der Waals surface area contributed by atoms with Crippen molar-refractivity contribution in [1.82, 2.24) is 10.2 Å². The lowest BCUT2D eigenvalue weighted by Crippen LogP contribution is -2.44. The lowest BCUT2D eigenvalue weighted by atomic mass is 9.87. The van der Waals surface area contributed by atoms with Crippen molar-refractivity contribution >= 4 is 50.8 Å². The Morgan fingerprint density at radius 2 is 1.72 bits per heavy atom. The highest BCUT2D eigenvalue weighted by Crippen LogP contribution is 2.33. The lowest BCUT2D eigenvalue weighted by molar-refractivity contribution is -0.134. The maximum absolute atomic E-state index is 13.4. The molecule has 1 aliphatic rings. The predicted octanol–water partition coefficient (Wildman–Crippen LogP) is 4.49. The zero-order valence-electron chi connectivity index (χ0n) is 21.1. The quantitative estimate of drug-likeness (QED) is 0.367. The summed E-state index contributed by atoms with van der Waals surface area (Å²) < 4.78 is 41.4. The molecule has 12 heteroatoms. The summed E-state index contributed by atoms with van der Waals surface area (Å²) in [7, 11) is -4.00. The number of benzene rings is 3. The number of hydrogen-bond acceptors (Lipinski definition) is 5. The Labute approximate surface area is 230 Å². The molecule has 0 saturated carbocycles. The summed E-state index contributed by atoms with van der Waals surface area (Å²) in [6.45, 7) is 2.90. The fraction of sp³-hybridized carbons (Fsp3) is 0.222. The first-order valence-corrected chi connectivity index (χ1v) is 13.9. The van der Waals surface area contributed by atoms with E-state index in [-0.39, 0.29) is 28.6 Å². The maximum Gasteiger partial charge on any atom is 0.325 e. The van der Waals surface area contributed by atoms with E-state index >= 15 is 0 Å². The molecule has 204 valence electrons. The Bertz CT molecular complexity index is 1520. The predicted molar refractivity (Wildman–Crippen MR) is 145 cm³/mol. The average molecular weight is 573 g/mol. The lowest BCUT2D eigenvalue weighted by Gasteiger charge is -2.25. The first-order valence-electron chi connectivity index (χ1n) is 12.1. The third-order valence-electron chi connectivity index (χ3n) is 6.48. The van der Waals surface area contributed by atoms with Crippen LogP contribution in [-0.4, -0.2) is 44.3 Å². The Morgan fingerprint density at radius 3 is 2.33 bits per heavy atom. The first kappa shape index (κ1) is 28.1. The van der Waals surface area contributed by atoms with Crippen LogP contribution in [0.3, 0.4) is 0 Å². The molecule has 4 amide bonds. The summed E-state index contributed by atoms with van der Waals surface area (Å²) in [5, 5.41) is 5.19. The molecule has 1 atom stereocenters. The van der Waals surface area contributed by atoms with Gasteiger partial charge in [0.25, 0.3) is 15.9 Å².